The monoisotopic (exact) mass is 281 g/mol. The molecule has 2 nitrogen and oxygen atoms in total. The third-order valence-corrected chi connectivity index (χ3v) is 2.88. The molecule has 2 aromatic carbocycles. The zero-order valence-electron chi connectivity index (χ0n) is 10.8. The second-order valence-electron chi connectivity index (χ2n) is 4.42. The molecule has 5 heteroatoms. The number of benzene rings is 2. The minimum absolute atomic E-state index is 0.0528. The van der Waals surface area contributed by atoms with Gasteiger partial charge in [-0.1, -0.05) is 30.3 Å². The summed E-state index contributed by atoms with van der Waals surface area (Å²) < 4.78 is 44.3. The Bertz CT molecular complexity index is 581. The van der Waals surface area contributed by atoms with E-state index in [0.717, 1.165) is 11.6 Å². The van der Waals surface area contributed by atoms with Crippen molar-refractivity contribution in [3.63, 3.8) is 0 Å². The van der Waals surface area contributed by atoms with E-state index >= 15 is 0 Å². The smallest absolute Gasteiger partial charge is 0.420 e. The highest BCUT2D eigenvalue weighted by atomic mass is 19.4. The van der Waals surface area contributed by atoms with Crippen molar-refractivity contribution in [2.24, 2.45) is 0 Å². The standard InChI is InChI=1S/C15H14F3NO/c1-10(11-5-3-2-4-6-11)20-14-8-7-12(19)9-13(14)15(16,17)18/h2-10H,19H2,1H3. The Labute approximate surface area is 115 Å². The Morgan fingerprint density at radius 2 is 1.70 bits per heavy atom. The van der Waals surface area contributed by atoms with Gasteiger partial charge >= 0.3 is 6.18 Å². The molecule has 20 heavy (non-hydrogen) atoms. The molecule has 2 rings (SSSR count). The molecule has 106 valence electrons. The molecule has 2 aromatic rings. The van der Waals surface area contributed by atoms with E-state index in [1.165, 1.54) is 12.1 Å². The topological polar surface area (TPSA) is 35.2 Å². The molecule has 2 N–H and O–H groups in total. The molecule has 0 amide bonds. The van der Waals surface area contributed by atoms with E-state index < -0.39 is 17.8 Å². The lowest BCUT2D eigenvalue weighted by Gasteiger charge is -2.19. The van der Waals surface area contributed by atoms with Crippen molar-refractivity contribution >= 4 is 5.69 Å². The molecule has 0 aliphatic carbocycles. The van der Waals surface area contributed by atoms with E-state index in [0.29, 0.717) is 0 Å². The Kier molecular flexibility index (Phi) is 3.88. The summed E-state index contributed by atoms with van der Waals surface area (Å²) in [7, 11) is 0. The minimum Gasteiger partial charge on any atom is -0.485 e. The third kappa shape index (κ3) is 3.23. The molecule has 0 fully saturated rings. The molecule has 0 aliphatic rings. The van der Waals surface area contributed by atoms with E-state index in [-0.39, 0.29) is 11.4 Å². The first-order chi connectivity index (χ1) is 9.38. The van der Waals surface area contributed by atoms with Crippen LogP contribution in [0.15, 0.2) is 48.5 Å². The average Bonchev–Trinajstić information content (AvgIpc) is 2.40. The van der Waals surface area contributed by atoms with Crippen LogP contribution in [-0.2, 0) is 6.18 Å². The van der Waals surface area contributed by atoms with E-state index in [1.54, 1.807) is 19.1 Å². The van der Waals surface area contributed by atoms with Crippen molar-refractivity contribution in [3.8, 4) is 5.75 Å². The van der Waals surface area contributed by atoms with Crippen molar-refractivity contribution in [1.82, 2.24) is 0 Å². The molecule has 0 saturated heterocycles. The number of hydrogen-bond acceptors (Lipinski definition) is 2. The number of rotatable bonds is 3. The first kappa shape index (κ1) is 14.2. The van der Waals surface area contributed by atoms with Gasteiger partial charge in [0.25, 0.3) is 0 Å². The van der Waals surface area contributed by atoms with Crippen LogP contribution in [0.3, 0.4) is 0 Å². The van der Waals surface area contributed by atoms with Crippen LogP contribution in [0.5, 0.6) is 5.75 Å². The van der Waals surface area contributed by atoms with Gasteiger partial charge in [-0.05, 0) is 30.7 Å². The maximum Gasteiger partial charge on any atom is 0.420 e. The van der Waals surface area contributed by atoms with Crippen LogP contribution in [0.25, 0.3) is 0 Å². The van der Waals surface area contributed by atoms with Gasteiger partial charge in [0.05, 0.1) is 5.56 Å². The lowest BCUT2D eigenvalue weighted by molar-refractivity contribution is -0.139. The molecule has 1 atom stereocenters. The number of anilines is 1. The van der Waals surface area contributed by atoms with Crippen LogP contribution >= 0.6 is 0 Å². The molecular weight excluding hydrogens is 267 g/mol. The molecule has 1 unspecified atom stereocenters. The number of ether oxygens (including phenoxy) is 1. The van der Waals surface area contributed by atoms with Gasteiger partial charge < -0.3 is 10.5 Å². The van der Waals surface area contributed by atoms with Crippen LogP contribution in [0.1, 0.15) is 24.2 Å². The number of hydrogen-bond donors (Lipinski definition) is 1. The molecule has 0 bridgehead atoms. The normalized spacial score (nSPS) is 13.0. The van der Waals surface area contributed by atoms with Gasteiger partial charge in [0, 0.05) is 5.69 Å². The fraction of sp³-hybridized carbons (Fsp3) is 0.200. The summed E-state index contributed by atoms with van der Waals surface area (Å²) in [6.45, 7) is 1.70. The van der Waals surface area contributed by atoms with Gasteiger partial charge in [0.15, 0.2) is 0 Å². The van der Waals surface area contributed by atoms with Crippen molar-refractivity contribution in [3.05, 3.63) is 59.7 Å². The van der Waals surface area contributed by atoms with Gasteiger partial charge in [0.2, 0.25) is 0 Å². The molecular formula is C15H14F3NO. The van der Waals surface area contributed by atoms with Crippen molar-refractivity contribution < 1.29 is 17.9 Å². The molecule has 0 heterocycles. The Balaban J connectivity index is 2.30. The van der Waals surface area contributed by atoms with Gasteiger partial charge in [-0.15, -0.1) is 0 Å². The summed E-state index contributed by atoms with van der Waals surface area (Å²) in [5.74, 6) is -0.219. The number of alkyl halides is 3. The summed E-state index contributed by atoms with van der Waals surface area (Å²) >= 11 is 0. The van der Waals surface area contributed by atoms with E-state index in [9.17, 15) is 13.2 Å². The maximum absolute atomic E-state index is 12.9. The zero-order valence-corrected chi connectivity index (χ0v) is 10.8. The maximum atomic E-state index is 12.9. The predicted molar refractivity (Wildman–Crippen MR) is 71.3 cm³/mol. The van der Waals surface area contributed by atoms with Crippen molar-refractivity contribution in [2.75, 3.05) is 5.73 Å². The van der Waals surface area contributed by atoms with Crippen LogP contribution in [0.4, 0.5) is 18.9 Å². The van der Waals surface area contributed by atoms with Crippen LogP contribution in [-0.4, -0.2) is 0 Å². The summed E-state index contributed by atoms with van der Waals surface area (Å²) in [6, 6.07) is 12.6. The van der Waals surface area contributed by atoms with Crippen molar-refractivity contribution in [1.29, 1.82) is 0 Å². The SMILES string of the molecule is CC(Oc1ccc(N)cc1C(F)(F)F)c1ccccc1. The van der Waals surface area contributed by atoms with E-state index in [1.807, 2.05) is 18.2 Å². The summed E-state index contributed by atoms with van der Waals surface area (Å²) in [4.78, 5) is 0. The zero-order chi connectivity index (χ0) is 14.8. The second kappa shape index (κ2) is 5.45. The second-order valence-corrected chi connectivity index (χ2v) is 4.42. The first-order valence-corrected chi connectivity index (χ1v) is 6.06. The highest BCUT2D eigenvalue weighted by Gasteiger charge is 2.35. The summed E-state index contributed by atoms with van der Waals surface area (Å²) in [5, 5.41) is 0. The van der Waals surface area contributed by atoms with Crippen LogP contribution in [0, 0.1) is 0 Å². The van der Waals surface area contributed by atoms with Crippen molar-refractivity contribution in [2.45, 2.75) is 19.2 Å². The molecule has 0 aliphatic heterocycles. The summed E-state index contributed by atoms with van der Waals surface area (Å²) in [6.07, 6.45) is -4.98. The van der Waals surface area contributed by atoms with Gasteiger partial charge in [-0.25, -0.2) is 0 Å². The van der Waals surface area contributed by atoms with E-state index in [4.69, 9.17) is 10.5 Å². The van der Waals surface area contributed by atoms with Gasteiger partial charge in [0.1, 0.15) is 11.9 Å². The van der Waals surface area contributed by atoms with Gasteiger partial charge in [-0.3, -0.25) is 0 Å². The quantitative estimate of drug-likeness (QED) is 0.845. The number of nitrogens with two attached hydrogens (primary N) is 1. The molecule has 0 spiro atoms. The highest BCUT2D eigenvalue weighted by molar-refractivity contribution is 5.49. The average molecular weight is 281 g/mol. The van der Waals surface area contributed by atoms with Crippen LogP contribution in [0.2, 0.25) is 0 Å². The Hall–Kier alpha value is -2.17. The van der Waals surface area contributed by atoms with E-state index in [2.05, 4.69) is 0 Å². The third-order valence-electron chi connectivity index (χ3n) is 2.88. The Morgan fingerprint density at radius 3 is 2.30 bits per heavy atom. The number of halogens is 3. The lowest BCUT2D eigenvalue weighted by Crippen LogP contribution is -2.11. The first-order valence-electron chi connectivity index (χ1n) is 6.06. The fourth-order valence-corrected chi connectivity index (χ4v) is 1.85. The number of nitrogen functional groups attached to an aromatic ring is 1. The predicted octanol–water partition coefficient (Wildman–Crippen LogP) is 4.43. The highest BCUT2D eigenvalue weighted by Crippen LogP contribution is 2.38. The summed E-state index contributed by atoms with van der Waals surface area (Å²) in [5.41, 5.74) is 5.41. The largest absolute Gasteiger partial charge is 0.485 e. The van der Waals surface area contributed by atoms with Crippen LogP contribution < -0.4 is 10.5 Å². The molecule has 0 saturated carbocycles. The molecule has 0 aromatic heterocycles. The van der Waals surface area contributed by atoms with Gasteiger partial charge in [-0.2, -0.15) is 13.2 Å². The molecule has 0 radical (unpaired) electrons. The fourth-order valence-electron chi connectivity index (χ4n) is 1.85. The minimum atomic E-state index is -4.50. The lowest BCUT2D eigenvalue weighted by atomic mass is 10.1. The Morgan fingerprint density at radius 1 is 1.05 bits per heavy atom.